The van der Waals surface area contributed by atoms with Crippen LogP contribution in [0.2, 0.25) is 0 Å². The number of amides is 1. The number of carbonyl (C=O) groups is 1. The number of carbonyl (C=O) groups excluding carboxylic acids is 1. The fourth-order valence-electron chi connectivity index (χ4n) is 4.34. The lowest BCUT2D eigenvalue weighted by Gasteiger charge is -2.36. The molecular weight excluding hydrogens is 382 g/mol. The predicted octanol–water partition coefficient (Wildman–Crippen LogP) is 3.19. The second-order valence-corrected chi connectivity index (χ2v) is 8.12. The molecule has 8 heteroatoms. The quantitative estimate of drug-likeness (QED) is 0.570. The van der Waals surface area contributed by atoms with Crippen LogP contribution in [0.1, 0.15) is 30.1 Å². The molecule has 158 valence electrons. The molecule has 0 bridgehead atoms. The zero-order valence-electron chi connectivity index (χ0n) is 17.2. The number of rotatable bonds is 4. The third-order valence-electron chi connectivity index (χ3n) is 5.96. The van der Waals surface area contributed by atoms with Gasteiger partial charge in [0, 0.05) is 57.1 Å². The molecule has 0 aliphatic carbocycles. The Balaban J connectivity index is 1.50. The van der Waals surface area contributed by atoms with Crippen LogP contribution >= 0.6 is 0 Å². The Hall–Kier alpha value is -3.16. The van der Waals surface area contributed by atoms with E-state index in [4.69, 9.17) is 0 Å². The third-order valence-corrected chi connectivity index (χ3v) is 5.96. The number of piperidine rings is 1. The monoisotopic (exact) mass is 409 g/mol. The van der Waals surface area contributed by atoms with Crippen LogP contribution in [-0.4, -0.2) is 60.0 Å². The van der Waals surface area contributed by atoms with Gasteiger partial charge in [0.05, 0.1) is 4.92 Å². The topological polar surface area (TPSA) is 82.8 Å². The molecule has 2 fully saturated rings. The number of hydrogen-bond acceptors (Lipinski definition) is 6. The summed E-state index contributed by atoms with van der Waals surface area (Å²) < 4.78 is 0. The van der Waals surface area contributed by atoms with E-state index in [1.165, 1.54) is 6.07 Å². The van der Waals surface area contributed by atoms with Crippen LogP contribution < -0.4 is 9.80 Å². The van der Waals surface area contributed by atoms with E-state index in [0.29, 0.717) is 43.3 Å². The number of nitro groups is 1. The highest BCUT2D eigenvalue weighted by molar-refractivity contribution is 5.96. The SMILES string of the molecule is CC1CCCN(C(=O)c2ccc(N3CCN(c4ccccn4)CC3)c([N+](=O)[O-])c2)C1. The van der Waals surface area contributed by atoms with E-state index >= 15 is 0 Å². The highest BCUT2D eigenvalue weighted by Gasteiger charge is 2.28. The Bertz CT molecular complexity index is 912. The lowest BCUT2D eigenvalue weighted by molar-refractivity contribution is -0.384. The summed E-state index contributed by atoms with van der Waals surface area (Å²) in [7, 11) is 0. The van der Waals surface area contributed by atoms with Crippen LogP contribution in [0.25, 0.3) is 0 Å². The summed E-state index contributed by atoms with van der Waals surface area (Å²) in [6.45, 7) is 6.36. The lowest BCUT2D eigenvalue weighted by Crippen LogP contribution is -2.47. The minimum absolute atomic E-state index is 0.00260. The van der Waals surface area contributed by atoms with Crippen molar-refractivity contribution in [3.8, 4) is 0 Å². The van der Waals surface area contributed by atoms with Gasteiger partial charge in [0.1, 0.15) is 11.5 Å². The Morgan fingerprint density at radius 1 is 1.10 bits per heavy atom. The van der Waals surface area contributed by atoms with E-state index in [9.17, 15) is 14.9 Å². The first-order valence-corrected chi connectivity index (χ1v) is 10.5. The maximum absolute atomic E-state index is 12.9. The summed E-state index contributed by atoms with van der Waals surface area (Å²) in [5.74, 6) is 1.27. The summed E-state index contributed by atoms with van der Waals surface area (Å²) in [6.07, 6.45) is 3.87. The summed E-state index contributed by atoms with van der Waals surface area (Å²) >= 11 is 0. The first kappa shape index (κ1) is 20.1. The number of anilines is 2. The Morgan fingerprint density at radius 3 is 2.53 bits per heavy atom. The summed E-state index contributed by atoms with van der Waals surface area (Å²) in [6, 6.07) is 10.7. The Kier molecular flexibility index (Phi) is 5.83. The minimum Gasteiger partial charge on any atom is -0.362 e. The van der Waals surface area contributed by atoms with Crippen molar-refractivity contribution in [3.05, 3.63) is 58.3 Å². The minimum atomic E-state index is -0.379. The number of aromatic nitrogens is 1. The Labute approximate surface area is 176 Å². The maximum Gasteiger partial charge on any atom is 0.293 e. The van der Waals surface area contributed by atoms with Gasteiger partial charge in [-0.15, -0.1) is 0 Å². The van der Waals surface area contributed by atoms with Crippen molar-refractivity contribution in [1.82, 2.24) is 9.88 Å². The molecule has 0 radical (unpaired) electrons. The standard InChI is InChI=1S/C22H27N5O3/c1-17-5-4-10-26(16-17)22(28)18-7-8-19(20(15-18)27(29)30)24-11-13-25(14-12-24)21-6-2-3-9-23-21/h2-3,6-9,15,17H,4-5,10-14,16H2,1H3. The maximum atomic E-state index is 12.9. The van der Waals surface area contributed by atoms with E-state index in [2.05, 4.69) is 16.8 Å². The average Bonchev–Trinajstić information content (AvgIpc) is 2.79. The molecule has 30 heavy (non-hydrogen) atoms. The van der Waals surface area contributed by atoms with Gasteiger partial charge in [-0.25, -0.2) is 4.98 Å². The largest absolute Gasteiger partial charge is 0.362 e. The van der Waals surface area contributed by atoms with Crippen LogP contribution in [0.4, 0.5) is 17.2 Å². The molecule has 1 amide bonds. The van der Waals surface area contributed by atoms with Gasteiger partial charge in [0.25, 0.3) is 11.6 Å². The van der Waals surface area contributed by atoms with Crippen LogP contribution in [0, 0.1) is 16.0 Å². The molecule has 2 saturated heterocycles. The molecule has 8 nitrogen and oxygen atoms in total. The van der Waals surface area contributed by atoms with Gasteiger partial charge >= 0.3 is 0 Å². The van der Waals surface area contributed by atoms with Crippen molar-refractivity contribution in [2.75, 3.05) is 49.1 Å². The molecule has 3 heterocycles. The summed E-state index contributed by atoms with van der Waals surface area (Å²) in [4.78, 5) is 34.7. The van der Waals surface area contributed by atoms with Crippen LogP contribution in [0.15, 0.2) is 42.6 Å². The molecule has 0 saturated carbocycles. The molecule has 0 N–H and O–H groups in total. The normalized spacial score (nSPS) is 19.6. The molecule has 2 aromatic rings. The number of likely N-dealkylation sites (tertiary alicyclic amines) is 1. The van der Waals surface area contributed by atoms with Gasteiger partial charge in [-0.3, -0.25) is 14.9 Å². The van der Waals surface area contributed by atoms with Crippen molar-refractivity contribution in [2.45, 2.75) is 19.8 Å². The fraction of sp³-hybridized carbons (Fsp3) is 0.455. The van der Waals surface area contributed by atoms with Crippen molar-refractivity contribution in [3.63, 3.8) is 0 Å². The second-order valence-electron chi connectivity index (χ2n) is 8.12. The van der Waals surface area contributed by atoms with Gasteiger partial charge in [-0.2, -0.15) is 0 Å². The lowest BCUT2D eigenvalue weighted by atomic mass is 9.99. The van der Waals surface area contributed by atoms with E-state index in [0.717, 1.165) is 31.7 Å². The number of nitrogens with zero attached hydrogens (tertiary/aromatic N) is 5. The fourth-order valence-corrected chi connectivity index (χ4v) is 4.34. The first-order chi connectivity index (χ1) is 14.5. The molecule has 0 spiro atoms. The van der Waals surface area contributed by atoms with Crippen molar-refractivity contribution < 1.29 is 9.72 Å². The van der Waals surface area contributed by atoms with E-state index in [1.807, 2.05) is 28.0 Å². The number of hydrogen-bond donors (Lipinski definition) is 0. The smallest absolute Gasteiger partial charge is 0.293 e. The zero-order valence-corrected chi connectivity index (χ0v) is 17.2. The number of piperazine rings is 1. The van der Waals surface area contributed by atoms with Gasteiger partial charge < -0.3 is 14.7 Å². The number of benzene rings is 1. The third kappa shape index (κ3) is 4.22. The predicted molar refractivity (Wildman–Crippen MR) is 116 cm³/mol. The Morgan fingerprint density at radius 2 is 1.87 bits per heavy atom. The van der Waals surface area contributed by atoms with Crippen molar-refractivity contribution in [2.24, 2.45) is 5.92 Å². The molecule has 2 aliphatic heterocycles. The summed E-state index contributed by atoms with van der Waals surface area (Å²) in [5, 5.41) is 11.8. The van der Waals surface area contributed by atoms with Crippen LogP contribution in [0.3, 0.4) is 0 Å². The molecule has 2 aliphatic rings. The highest BCUT2D eigenvalue weighted by atomic mass is 16.6. The average molecular weight is 409 g/mol. The van der Waals surface area contributed by atoms with Gasteiger partial charge in [0.2, 0.25) is 0 Å². The summed E-state index contributed by atoms with van der Waals surface area (Å²) in [5.41, 5.74) is 0.966. The number of pyridine rings is 1. The van der Waals surface area contributed by atoms with E-state index < -0.39 is 0 Å². The first-order valence-electron chi connectivity index (χ1n) is 10.5. The molecule has 1 aromatic heterocycles. The molecule has 4 rings (SSSR count). The van der Waals surface area contributed by atoms with Crippen LogP contribution in [0.5, 0.6) is 0 Å². The number of nitro benzene ring substituents is 1. The molecular formula is C22H27N5O3. The van der Waals surface area contributed by atoms with E-state index in [1.54, 1.807) is 18.3 Å². The van der Waals surface area contributed by atoms with Crippen LogP contribution in [-0.2, 0) is 0 Å². The van der Waals surface area contributed by atoms with Gasteiger partial charge in [-0.05, 0) is 43.0 Å². The van der Waals surface area contributed by atoms with Crippen molar-refractivity contribution >= 4 is 23.1 Å². The van der Waals surface area contributed by atoms with E-state index in [-0.39, 0.29) is 16.5 Å². The second kappa shape index (κ2) is 8.69. The zero-order chi connectivity index (χ0) is 21.1. The molecule has 1 unspecified atom stereocenters. The molecule has 1 aromatic carbocycles. The highest BCUT2D eigenvalue weighted by Crippen LogP contribution is 2.31. The van der Waals surface area contributed by atoms with Crippen molar-refractivity contribution in [1.29, 1.82) is 0 Å². The van der Waals surface area contributed by atoms with Gasteiger partial charge in [-0.1, -0.05) is 13.0 Å². The van der Waals surface area contributed by atoms with Gasteiger partial charge in [0.15, 0.2) is 0 Å². The molecule has 1 atom stereocenters.